The summed E-state index contributed by atoms with van der Waals surface area (Å²) in [6.07, 6.45) is 0. The van der Waals surface area contributed by atoms with Crippen LogP contribution in [0, 0.1) is 20.8 Å². The van der Waals surface area contributed by atoms with Crippen molar-refractivity contribution < 1.29 is 8.42 Å². The highest BCUT2D eigenvalue weighted by atomic mass is 32.2. The molecule has 0 saturated carbocycles. The molecule has 124 valence electrons. The van der Waals surface area contributed by atoms with E-state index in [-0.39, 0.29) is 4.90 Å². The van der Waals surface area contributed by atoms with Gasteiger partial charge in [-0.2, -0.15) is 5.10 Å². The Hall–Kier alpha value is -2.44. The molecule has 5 nitrogen and oxygen atoms in total. The molecule has 1 aromatic heterocycles. The van der Waals surface area contributed by atoms with Crippen LogP contribution in [0.4, 0.5) is 0 Å². The molecule has 0 bridgehead atoms. The summed E-state index contributed by atoms with van der Waals surface area (Å²) >= 11 is 0. The third kappa shape index (κ3) is 2.98. The van der Waals surface area contributed by atoms with Crippen LogP contribution >= 0.6 is 0 Å². The lowest BCUT2D eigenvalue weighted by Crippen LogP contribution is -2.12. The molecule has 0 saturated heterocycles. The van der Waals surface area contributed by atoms with Gasteiger partial charge in [-0.25, -0.2) is 13.6 Å². The lowest BCUT2D eigenvalue weighted by atomic mass is 9.97. The lowest BCUT2D eigenvalue weighted by molar-refractivity contribution is 0.597. The Balaban J connectivity index is 2.00. The average molecular weight is 341 g/mol. The first-order valence-corrected chi connectivity index (χ1v) is 9.08. The van der Waals surface area contributed by atoms with E-state index in [0.29, 0.717) is 0 Å². The van der Waals surface area contributed by atoms with Crippen molar-refractivity contribution in [3.05, 3.63) is 59.4 Å². The summed E-state index contributed by atoms with van der Waals surface area (Å²) in [5, 5.41) is 12.4. The van der Waals surface area contributed by atoms with Crippen molar-refractivity contribution in [3.8, 4) is 22.3 Å². The number of nitrogens with zero attached hydrogens (tertiary/aromatic N) is 1. The lowest BCUT2D eigenvalue weighted by Gasteiger charge is -2.09. The van der Waals surface area contributed by atoms with Gasteiger partial charge in [-0.15, -0.1) is 0 Å². The highest BCUT2D eigenvalue weighted by Gasteiger charge is 2.12. The molecule has 0 atom stereocenters. The van der Waals surface area contributed by atoms with Gasteiger partial charge in [0.25, 0.3) is 0 Å². The van der Waals surface area contributed by atoms with Crippen molar-refractivity contribution in [1.82, 2.24) is 10.2 Å². The van der Waals surface area contributed by atoms with E-state index in [0.717, 1.165) is 39.2 Å². The number of rotatable bonds is 3. The normalized spacial score (nSPS) is 11.7. The third-order valence-electron chi connectivity index (χ3n) is 4.14. The van der Waals surface area contributed by atoms with Gasteiger partial charge in [0.2, 0.25) is 10.0 Å². The predicted octanol–water partition coefficient (Wildman–Crippen LogP) is 3.32. The van der Waals surface area contributed by atoms with E-state index in [1.807, 2.05) is 45.0 Å². The van der Waals surface area contributed by atoms with Gasteiger partial charge in [-0.1, -0.05) is 30.3 Å². The number of H-pyrrole nitrogens is 1. The first kappa shape index (κ1) is 16.4. The van der Waals surface area contributed by atoms with Crippen LogP contribution in [0.5, 0.6) is 0 Å². The van der Waals surface area contributed by atoms with Crippen LogP contribution < -0.4 is 5.14 Å². The second kappa shape index (κ2) is 5.89. The van der Waals surface area contributed by atoms with Crippen molar-refractivity contribution in [3.63, 3.8) is 0 Å². The van der Waals surface area contributed by atoms with Crippen LogP contribution in [0.2, 0.25) is 0 Å². The predicted molar refractivity (Wildman–Crippen MR) is 95.0 cm³/mol. The molecule has 0 unspecified atom stereocenters. The van der Waals surface area contributed by atoms with Crippen LogP contribution in [0.25, 0.3) is 22.3 Å². The molecule has 0 amide bonds. The Bertz CT molecular complexity index is 984. The molecular weight excluding hydrogens is 322 g/mol. The molecule has 0 aliphatic carbocycles. The number of benzene rings is 2. The Kier molecular flexibility index (Phi) is 4.03. The molecule has 0 aliphatic heterocycles. The smallest absolute Gasteiger partial charge is 0.238 e. The van der Waals surface area contributed by atoms with Crippen molar-refractivity contribution in [2.45, 2.75) is 25.7 Å². The molecule has 2 aromatic carbocycles. The monoisotopic (exact) mass is 341 g/mol. The number of aryl methyl sites for hydroxylation is 3. The van der Waals surface area contributed by atoms with Crippen LogP contribution in [-0.4, -0.2) is 18.6 Å². The number of aromatic nitrogens is 2. The maximum Gasteiger partial charge on any atom is 0.238 e. The van der Waals surface area contributed by atoms with Crippen LogP contribution in [0.15, 0.2) is 47.4 Å². The molecule has 1 heterocycles. The Labute approximate surface area is 141 Å². The third-order valence-corrected chi connectivity index (χ3v) is 5.05. The Morgan fingerprint density at radius 2 is 1.58 bits per heavy atom. The largest absolute Gasteiger partial charge is 0.282 e. The maximum absolute atomic E-state index is 11.4. The SMILES string of the molecule is Cc1cc(S(N)(=O)=O)ccc1-c1ccc(-c2c(C)n[nH]c2C)cc1. The summed E-state index contributed by atoms with van der Waals surface area (Å²) in [6.45, 7) is 5.85. The van der Waals surface area contributed by atoms with Gasteiger partial charge in [0.1, 0.15) is 0 Å². The molecule has 0 fully saturated rings. The van der Waals surface area contributed by atoms with Gasteiger partial charge < -0.3 is 0 Å². The van der Waals surface area contributed by atoms with Crippen LogP contribution in [-0.2, 0) is 10.0 Å². The minimum absolute atomic E-state index is 0.130. The summed E-state index contributed by atoms with van der Waals surface area (Å²) < 4.78 is 22.9. The van der Waals surface area contributed by atoms with Gasteiger partial charge >= 0.3 is 0 Å². The average Bonchev–Trinajstić information content (AvgIpc) is 2.86. The van der Waals surface area contributed by atoms with Crippen molar-refractivity contribution in [2.24, 2.45) is 5.14 Å². The Morgan fingerprint density at radius 3 is 2.08 bits per heavy atom. The fraction of sp³-hybridized carbons (Fsp3) is 0.167. The number of primary sulfonamides is 1. The van der Waals surface area contributed by atoms with E-state index >= 15 is 0 Å². The minimum atomic E-state index is -3.68. The maximum atomic E-state index is 11.4. The van der Waals surface area contributed by atoms with E-state index in [2.05, 4.69) is 10.2 Å². The summed E-state index contributed by atoms with van der Waals surface area (Å²) in [5.74, 6) is 0. The van der Waals surface area contributed by atoms with Crippen LogP contribution in [0.3, 0.4) is 0 Å². The molecular formula is C18H19N3O2S. The van der Waals surface area contributed by atoms with Gasteiger partial charge in [-0.05, 0) is 55.2 Å². The first-order chi connectivity index (χ1) is 11.3. The van der Waals surface area contributed by atoms with Gasteiger partial charge in [0.05, 0.1) is 10.6 Å². The first-order valence-electron chi connectivity index (χ1n) is 7.53. The van der Waals surface area contributed by atoms with Crippen molar-refractivity contribution in [1.29, 1.82) is 0 Å². The highest BCUT2D eigenvalue weighted by Crippen LogP contribution is 2.30. The number of hydrogen-bond donors (Lipinski definition) is 2. The Morgan fingerprint density at radius 1 is 0.958 bits per heavy atom. The summed E-state index contributed by atoms with van der Waals surface area (Å²) in [7, 11) is -3.68. The van der Waals surface area contributed by atoms with Crippen LogP contribution in [0.1, 0.15) is 17.0 Å². The molecule has 24 heavy (non-hydrogen) atoms. The molecule has 6 heteroatoms. The van der Waals surface area contributed by atoms with Gasteiger partial charge in [0, 0.05) is 11.3 Å². The molecule has 3 rings (SSSR count). The topological polar surface area (TPSA) is 88.8 Å². The van der Waals surface area contributed by atoms with Crippen molar-refractivity contribution >= 4 is 10.0 Å². The molecule has 3 aromatic rings. The number of hydrogen-bond acceptors (Lipinski definition) is 3. The second-order valence-electron chi connectivity index (χ2n) is 5.91. The van der Waals surface area contributed by atoms with Gasteiger partial charge in [0.15, 0.2) is 0 Å². The summed E-state index contributed by atoms with van der Waals surface area (Å²) in [6, 6.07) is 13.1. The van der Waals surface area contributed by atoms with E-state index < -0.39 is 10.0 Å². The molecule has 0 aliphatic rings. The minimum Gasteiger partial charge on any atom is -0.282 e. The highest BCUT2D eigenvalue weighted by molar-refractivity contribution is 7.89. The number of nitrogens with one attached hydrogen (secondary N) is 1. The zero-order valence-electron chi connectivity index (χ0n) is 13.8. The van der Waals surface area contributed by atoms with E-state index in [1.54, 1.807) is 12.1 Å². The fourth-order valence-corrected chi connectivity index (χ4v) is 3.53. The van der Waals surface area contributed by atoms with E-state index in [4.69, 9.17) is 5.14 Å². The van der Waals surface area contributed by atoms with Crippen molar-refractivity contribution in [2.75, 3.05) is 0 Å². The zero-order chi connectivity index (χ0) is 17.5. The summed E-state index contributed by atoms with van der Waals surface area (Å²) in [5.41, 5.74) is 7.09. The quantitative estimate of drug-likeness (QED) is 0.766. The standard InChI is InChI=1S/C18H19N3O2S/c1-11-10-16(24(19,22)23)8-9-17(11)14-4-6-15(7-5-14)18-12(2)20-21-13(18)3/h4-10H,1-3H3,(H,20,21)(H2,19,22,23). The molecule has 3 N–H and O–H groups in total. The number of aromatic amines is 1. The number of sulfonamides is 1. The second-order valence-corrected chi connectivity index (χ2v) is 7.47. The van der Waals surface area contributed by atoms with E-state index in [1.165, 1.54) is 6.07 Å². The molecule has 0 radical (unpaired) electrons. The van der Waals surface area contributed by atoms with E-state index in [9.17, 15) is 8.42 Å². The zero-order valence-corrected chi connectivity index (χ0v) is 14.6. The fourth-order valence-electron chi connectivity index (χ4n) is 2.93. The molecule has 0 spiro atoms. The summed E-state index contributed by atoms with van der Waals surface area (Å²) in [4.78, 5) is 0.130. The number of nitrogens with two attached hydrogens (primary N) is 1. The van der Waals surface area contributed by atoms with Gasteiger partial charge in [-0.3, -0.25) is 5.10 Å².